The van der Waals surface area contributed by atoms with Crippen LogP contribution in [0.4, 0.5) is 0 Å². The fourth-order valence-corrected chi connectivity index (χ4v) is 3.77. The van der Waals surface area contributed by atoms with Gasteiger partial charge < -0.3 is 4.90 Å². The monoisotopic (exact) mass is 274 g/mol. The first-order valence-corrected chi connectivity index (χ1v) is 8.61. The highest BCUT2D eigenvalue weighted by Crippen LogP contribution is 2.26. The molecule has 104 valence electrons. The van der Waals surface area contributed by atoms with Crippen molar-refractivity contribution < 1.29 is 13.2 Å². The van der Waals surface area contributed by atoms with Gasteiger partial charge >= 0.3 is 0 Å². The van der Waals surface area contributed by atoms with Crippen molar-refractivity contribution in [3.05, 3.63) is 0 Å². The van der Waals surface area contributed by atoms with E-state index in [1.807, 2.05) is 4.90 Å². The molecule has 1 N–H and O–H groups in total. The van der Waals surface area contributed by atoms with E-state index >= 15 is 0 Å². The smallest absolute Gasteiger partial charge is 0.225 e. The Labute approximate surface area is 109 Å². The van der Waals surface area contributed by atoms with Crippen molar-refractivity contribution in [2.45, 2.75) is 44.6 Å². The molecule has 0 radical (unpaired) electrons. The van der Waals surface area contributed by atoms with Gasteiger partial charge in [0.15, 0.2) is 0 Å². The highest BCUT2D eigenvalue weighted by molar-refractivity contribution is 7.88. The van der Waals surface area contributed by atoms with E-state index in [0.29, 0.717) is 13.1 Å². The second-order valence-corrected chi connectivity index (χ2v) is 7.27. The molecule has 2 aliphatic rings. The van der Waals surface area contributed by atoms with Gasteiger partial charge in [-0.2, -0.15) is 0 Å². The molecule has 18 heavy (non-hydrogen) atoms. The molecule has 5 nitrogen and oxygen atoms in total. The molecule has 1 amide bonds. The third-order valence-electron chi connectivity index (χ3n) is 3.84. The lowest BCUT2D eigenvalue weighted by Crippen LogP contribution is -2.40. The summed E-state index contributed by atoms with van der Waals surface area (Å²) < 4.78 is 24.9. The topological polar surface area (TPSA) is 66.5 Å². The Morgan fingerprint density at radius 3 is 2.44 bits per heavy atom. The third kappa shape index (κ3) is 3.68. The molecule has 1 saturated carbocycles. The first-order chi connectivity index (χ1) is 8.46. The number of sulfonamides is 1. The largest absolute Gasteiger partial charge is 0.341 e. The second kappa shape index (κ2) is 5.57. The minimum atomic E-state index is -3.17. The summed E-state index contributed by atoms with van der Waals surface area (Å²) >= 11 is 0. The van der Waals surface area contributed by atoms with E-state index in [1.54, 1.807) is 0 Å². The molecule has 1 aliphatic heterocycles. The normalized spacial score (nSPS) is 26.5. The highest BCUT2D eigenvalue weighted by Gasteiger charge is 2.32. The summed E-state index contributed by atoms with van der Waals surface area (Å²) in [7, 11) is -3.17. The van der Waals surface area contributed by atoms with E-state index in [0.717, 1.165) is 32.1 Å². The van der Waals surface area contributed by atoms with E-state index in [2.05, 4.69) is 4.72 Å². The molecule has 0 bridgehead atoms. The quantitative estimate of drug-likeness (QED) is 0.824. The number of rotatable bonds is 3. The summed E-state index contributed by atoms with van der Waals surface area (Å²) in [5.41, 5.74) is 0. The van der Waals surface area contributed by atoms with Gasteiger partial charge in [0.2, 0.25) is 15.9 Å². The van der Waals surface area contributed by atoms with Gasteiger partial charge in [-0.1, -0.05) is 19.3 Å². The van der Waals surface area contributed by atoms with Crippen LogP contribution < -0.4 is 4.72 Å². The molecule has 1 aliphatic carbocycles. The third-order valence-corrected chi connectivity index (χ3v) is 4.60. The highest BCUT2D eigenvalue weighted by atomic mass is 32.2. The molecule has 0 aromatic carbocycles. The summed E-state index contributed by atoms with van der Waals surface area (Å²) in [5.74, 6) is 0.406. The van der Waals surface area contributed by atoms with Gasteiger partial charge in [-0.3, -0.25) is 4.79 Å². The Morgan fingerprint density at radius 1 is 1.17 bits per heavy atom. The van der Waals surface area contributed by atoms with Gasteiger partial charge in [-0.05, 0) is 19.3 Å². The molecule has 0 aromatic rings. The molecule has 1 heterocycles. The molecule has 2 fully saturated rings. The van der Waals surface area contributed by atoms with E-state index in [-0.39, 0.29) is 17.9 Å². The number of carbonyl (C=O) groups excluding carboxylic acids is 1. The van der Waals surface area contributed by atoms with Crippen molar-refractivity contribution in [2.24, 2.45) is 5.92 Å². The van der Waals surface area contributed by atoms with Crippen LogP contribution in [0.3, 0.4) is 0 Å². The van der Waals surface area contributed by atoms with Crippen molar-refractivity contribution >= 4 is 15.9 Å². The van der Waals surface area contributed by atoms with Crippen LogP contribution in [0.15, 0.2) is 0 Å². The van der Waals surface area contributed by atoms with Crippen molar-refractivity contribution in [3.8, 4) is 0 Å². The predicted octanol–water partition coefficient (Wildman–Crippen LogP) is 0.717. The second-order valence-electron chi connectivity index (χ2n) is 5.49. The van der Waals surface area contributed by atoms with Crippen molar-refractivity contribution in [1.29, 1.82) is 0 Å². The Bertz CT molecular complexity index is 402. The number of hydrogen-bond donors (Lipinski definition) is 1. The maximum atomic E-state index is 12.3. The van der Waals surface area contributed by atoms with Crippen molar-refractivity contribution in [1.82, 2.24) is 9.62 Å². The van der Waals surface area contributed by atoms with E-state index < -0.39 is 10.0 Å². The van der Waals surface area contributed by atoms with E-state index in [1.165, 1.54) is 12.7 Å². The maximum Gasteiger partial charge on any atom is 0.225 e. The summed E-state index contributed by atoms with van der Waals surface area (Å²) in [6, 6.07) is -0.104. The molecular weight excluding hydrogens is 252 g/mol. The Hall–Kier alpha value is -0.620. The maximum absolute atomic E-state index is 12.3. The first-order valence-electron chi connectivity index (χ1n) is 6.72. The molecule has 1 unspecified atom stereocenters. The van der Waals surface area contributed by atoms with Crippen LogP contribution in [0.5, 0.6) is 0 Å². The summed E-state index contributed by atoms with van der Waals surface area (Å²) in [6.07, 6.45) is 7.43. The zero-order valence-corrected chi connectivity index (χ0v) is 11.7. The number of nitrogens with one attached hydrogen (secondary N) is 1. The Morgan fingerprint density at radius 2 is 1.83 bits per heavy atom. The summed E-state index contributed by atoms with van der Waals surface area (Å²) in [4.78, 5) is 14.1. The van der Waals surface area contributed by atoms with Gasteiger partial charge in [0.1, 0.15) is 0 Å². The van der Waals surface area contributed by atoms with Gasteiger partial charge in [0.05, 0.1) is 6.26 Å². The lowest BCUT2D eigenvalue weighted by Gasteiger charge is -2.26. The van der Waals surface area contributed by atoms with Crippen molar-refractivity contribution in [3.63, 3.8) is 0 Å². The van der Waals surface area contributed by atoms with Crippen LogP contribution in [-0.4, -0.2) is 44.6 Å². The number of likely N-dealkylation sites (tertiary alicyclic amines) is 1. The first kappa shape index (κ1) is 13.8. The fraction of sp³-hybridized carbons (Fsp3) is 0.917. The molecule has 1 saturated heterocycles. The van der Waals surface area contributed by atoms with Gasteiger partial charge in [-0.25, -0.2) is 13.1 Å². The van der Waals surface area contributed by atoms with Crippen LogP contribution in [0.2, 0.25) is 0 Å². The molecular formula is C12H22N2O3S. The van der Waals surface area contributed by atoms with Crippen molar-refractivity contribution in [2.75, 3.05) is 19.3 Å². The Balaban J connectivity index is 1.86. The standard InChI is InChI=1S/C12H22N2O3S/c1-18(16,17)13-11-7-8-14(9-11)12(15)10-5-3-2-4-6-10/h10-11,13H,2-9H2,1H3. The summed E-state index contributed by atoms with van der Waals surface area (Å²) in [6.45, 7) is 1.21. The predicted molar refractivity (Wildman–Crippen MR) is 69.5 cm³/mol. The number of nitrogens with zero attached hydrogens (tertiary/aromatic N) is 1. The minimum absolute atomic E-state index is 0.104. The van der Waals surface area contributed by atoms with Gasteiger partial charge in [0, 0.05) is 25.0 Å². The van der Waals surface area contributed by atoms with Crippen LogP contribution in [0, 0.1) is 5.92 Å². The Kier molecular flexibility index (Phi) is 4.27. The summed E-state index contributed by atoms with van der Waals surface area (Å²) in [5, 5.41) is 0. The average Bonchev–Trinajstić information content (AvgIpc) is 2.75. The fourth-order valence-electron chi connectivity index (χ4n) is 2.97. The van der Waals surface area contributed by atoms with Crippen LogP contribution in [0.25, 0.3) is 0 Å². The lowest BCUT2D eigenvalue weighted by atomic mass is 9.88. The number of carbonyl (C=O) groups is 1. The SMILES string of the molecule is CS(=O)(=O)NC1CCN(C(=O)C2CCCCC2)C1. The zero-order chi connectivity index (χ0) is 13.2. The van der Waals surface area contributed by atoms with Crippen LogP contribution in [0.1, 0.15) is 38.5 Å². The van der Waals surface area contributed by atoms with E-state index in [4.69, 9.17) is 0 Å². The molecule has 0 spiro atoms. The van der Waals surface area contributed by atoms with Gasteiger partial charge in [0.25, 0.3) is 0 Å². The number of amides is 1. The number of hydrogen-bond acceptors (Lipinski definition) is 3. The lowest BCUT2D eigenvalue weighted by molar-refractivity contribution is -0.135. The molecule has 2 rings (SSSR count). The van der Waals surface area contributed by atoms with Crippen LogP contribution >= 0.6 is 0 Å². The van der Waals surface area contributed by atoms with Crippen LogP contribution in [-0.2, 0) is 14.8 Å². The van der Waals surface area contributed by atoms with E-state index in [9.17, 15) is 13.2 Å². The molecule has 0 aromatic heterocycles. The van der Waals surface area contributed by atoms with Gasteiger partial charge in [-0.15, -0.1) is 0 Å². The molecule has 6 heteroatoms. The average molecular weight is 274 g/mol. The zero-order valence-electron chi connectivity index (χ0n) is 10.9. The minimum Gasteiger partial charge on any atom is -0.341 e. The molecule has 1 atom stereocenters.